The van der Waals surface area contributed by atoms with Crippen LogP contribution in [-0.4, -0.2) is 40.2 Å². The monoisotopic (exact) mass is 477 g/mol. The van der Waals surface area contributed by atoms with Crippen LogP contribution in [0.25, 0.3) is 10.2 Å². The Morgan fingerprint density at radius 2 is 1.88 bits per heavy atom. The van der Waals surface area contributed by atoms with E-state index < -0.39 is 35.8 Å². The number of alkyl halides is 3. The maximum absolute atomic E-state index is 13.0. The van der Waals surface area contributed by atoms with E-state index in [9.17, 15) is 27.6 Å². The van der Waals surface area contributed by atoms with Gasteiger partial charge in [0.2, 0.25) is 0 Å². The molecule has 178 valence electrons. The second-order valence-corrected chi connectivity index (χ2v) is 9.74. The Morgan fingerprint density at radius 3 is 2.44 bits per heavy atom. The standard InChI is InChI=1S/C20H26F3N3O5S/c1-11-13(9-24-10-14(27)31-19(2,3)4)32-17-15(11)16(28)26(12-5-6-12)18(29)25(17)7-8-30-20(21,22)23/h12,24H,5-10H2,1-4H3. The minimum absolute atomic E-state index is 0.0521. The number of hydrogen-bond donors (Lipinski definition) is 1. The molecule has 1 aliphatic carbocycles. The van der Waals surface area contributed by atoms with Crippen LogP contribution in [0.1, 0.15) is 50.1 Å². The molecule has 1 aliphatic rings. The molecule has 8 nitrogen and oxygen atoms in total. The molecule has 0 bridgehead atoms. The molecule has 0 saturated heterocycles. The quantitative estimate of drug-likeness (QED) is 0.588. The van der Waals surface area contributed by atoms with E-state index in [0.29, 0.717) is 33.5 Å². The number of nitrogens with one attached hydrogen (secondary N) is 1. The fraction of sp³-hybridized carbons (Fsp3) is 0.650. The predicted molar refractivity (Wildman–Crippen MR) is 113 cm³/mol. The first-order chi connectivity index (χ1) is 14.8. The van der Waals surface area contributed by atoms with Crippen molar-refractivity contribution >= 4 is 27.5 Å². The molecule has 1 N–H and O–H groups in total. The number of esters is 1. The van der Waals surface area contributed by atoms with Gasteiger partial charge in [0.25, 0.3) is 5.56 Å². The van der Waals surface area contributed by atoms with Gasteiger partial charge in [0.1, 0.15) is 10.4 Å². The maximum atomic E-state index is 13.0. The van der Waals surface area contributed by atoms with Crippen molar-refractivity contribution < 1.29 is 27.4 Å². The highest BCUT2D eigenvalue weighted by atomic mass is 32.1. The molecule has 12 heteroatoms. The lowest BCUT2D eigenvalue weighted by Crippen LogP contribution is -2.40. The highest BCUT2D eigenvalue weighted by Crippen LogP contribution is 2.34. The number of fused-ring (bicyclic) bond motifs is 1. The summed E-state index contributed by atoms with van der Waals surface area (Å²) in [4.78, 5) is 38.9. The number of halogens is 3. The number of aromatic nitrogens is 2. The van der Waals surface area contributed by atoms with E-state index in [1.54, 1.807) is 27.7 Å². The summed E-state index contributed by atoms with van der Waals surface area (Å²) in [6.45, 7) is 6.10. The maximum Gasteiger partial charge on any atom is 0.522 e. The van der Waals surface area contributed by atoms with Gasteiger partial charge < -0.3 is 10.1 Å². The molecule has 2 aromatic heterocycles. The summed E-state index contributed by atoms with van der Waals surface area (Å²) in [5, 5.41) is 3.27. The van der Waals surface area contributed by atoms with E-state index in [1.807, 2.05) is 0 Å². The molecule has 0 atom stereocenters. The molecule has 0 unspecified atom stereocenters. The normalized spacial score (nSPS) is 14.8. The fourth-order valence-corrected chi connectivity index (χ4v) is 4.62. The molecule has 2 heterocycles. The van der Waals surface area contributed by atoms with E-state index >= 15 is 0 Å². The number of carbonyl (C=O) groups excluding carboxylic acids is 1. The molecule has 0 amide bonds. The van der Waals surface area contributed by atoms with Crippen LogP contribution >= 0.6 is 11.3 Å². The molecule has 32 heavy (non-hydrogen) atoms. The number of aryl methyl sites for hydroxylation is 1. The minimum Gasteiger partial charge on any atom is -0.459 e. The van der Waals surface area contributed by atoms with Crippen LogP contribution in [0.15, 0.2) is 9.59 Å². The van der Waals surface area contributed by atoms with Gasteiger partial charge in [0, 0.05) is 17.5 Å². The molecule has 0 radical (unpaired) electrons. The molecule has 0 aromatic carbocycles. The molecule has 1 saturated carbocycles. The van der Waals surface area contributed by atoms with Crippen LogP contribution in [0.2, 0.25) is 0 Å². The van der Waals surface area contributed by atoms with Crippen molar-refractivity contribution in [2.24, 2.45) is 0 Å². The van der Waals surface area contributed by atoms with Gasteiger partial charge in [-0.2, -0.15) is 0 Å². The second-order valence-electron chi connectivity index (χ2n) is 8.66. The lowest BCUT2D eigenvalue weighted by molar-refractivity contribution is -0.325. The van der Waals surface area contributed by atoms with E-state index in [-0.39, 0.29) is 25.7 Å². The average molecular weight is 478 g/mol. The van der Waals surface area contributed by atoms with Crippen LogP contribution in [0.4, 0.5) is 13.2 Å². The molecule has 0 aliphatic heterocycles. The smallest absolute Gasteiger partial charge is 0.459 e. The number of thiophene rings is 1. The first-order valence-electron chi connectivity index (χ1n) is 10.2. The molecule has 1 fully saturated rings. The summed E-state index contributed by atoms with van der Waals surface area (Å²) >= 11 is 1.14. The van der Waals surface area contributed by atoms with Crippen molar-refractivity contribution in [2.45, 2.75) is 71.6 Å². The van der Waals surface area contributed by atoms with Crippen LogP contribution in [0.3, 0.4) is 0 Å². The van der Waals surface area contributed by atoms with Gasteiger partial charge in [-0.3, -0.25) is 23.5 Å². The molecule has 3 rings (SSSR count). The topological polar surface area (TPSA) is 91.6 Å². The van der Waals surface area contributed by atoms with Crippen molar-refractivity contribution in [1.82, 2.24) is 14.5 Å². The van der Waals surface area contributed by atoms with Crippen LogP contribution in [0, 0.1) is 6.92 Å². The number of ether oxygens (including phenoxy) is 2. The molecular formula is C20H26F3N3O5S. The zero-order chi connectivity index (χ0) is 23.8. The summed E-state index contributed by atoms with van der Waals surface area (Å²) in [6, 6.07) is -0.234. The highest BCUT2D eigenvalue weighted by Gasteiger charge is 2.32. The number of carbonyl (C=O) groups is 1. The van der Waals surface area contributed by atoms with Crippen LogP contribution in [-0.2, 0) is 27.4 Å². The Morgan fingerprint density at radius 1 is 1.22 bits per heavy atom. The van der Waals surface area contributed by atoms with Crippen molar-refractivity contribution in [3.8, 4) is 0 Å². The number of nitrogens with zero attached hydrogens (tertiary/aromatic N) is 2. The largest absolute Gasteiger partial charge is 0.522 e. The number of rotatable bonds is 8. The first kappa shape index (κ1) is 24.5. The Labute approximate surface area is 185 Å². The molecule has 0 spiro atoms. The summed E-state index contributed by atoms with van der Waals surface area (Å²) in [6.07, 6.45) is -3.46. The van der Waals surface area contributed by atoms with Gasteiger partial charge in [-0.05, 0) is 46.1 Å². The van der Waals surface area contributed by atoms with Crippen molar-refractivity contribution in [3.05, 3.63) is 31.3 Å². The summed E-state index contributed by atoms with van der Waals surface area (Å²) in [5.74, 6) is -0.437. The van der Waals surface area contributed by atoms with Crippen molar-refractivity contribution in [2.75, 3.05) is 13.2 Å². The van der Waals surface area contributed by atoms with Crippen molar-refractivity contribution in [1.29, 1.82) is 0 Å². The van der Waals surface area contributed by atoms with E-state index in [1.165, 1.54) is 4.57 Å². The summed E-state index contributed by atoms with van der Waals surface area (Å²) < 4.78 is 48.7. The van der Waals surface area contributed by atoms with Gasteiger partial charge in [-0.25, -0.2) is 4.79 Å². The fourth-order valence-electron chi connectivity index (χ4n) is 3.34. The van der Waals surface area contributed by atoms with Gasteiger partial charge >= 0.3 is 18.0 Å². The average Bonchev–Trinajstić information content (AvgIpc) is 3.40. The summed E-state index contributed by atoms with van der Waals surface area (Å²) in [5.41, 5.74) is -1.06. The van der Waals surface area contributed by atoms with Gasteiger partial charge in [0.05, 0.1) is 25.1 Å². The SMILES string of the molecule is Cc1c(CNCC(=O)OC(C)(C)C)sc2c1c(=O)n(C1CC1)c(=O)n2CCOC(F)(F)F. The zero-order valence-electron chi connectivity index (χ0n) is 18.3. The Hall–Kier alpha value is -2.18. The van der Waals surface area contributed by atoms with E-state index in [4.69, 9.17) is 4.74 Å². The Bertz CT molecular complexity index is 1120. The van der Waals surface area contributed by atoms with Gasteiger partial charge in [-0.15, -0.1) is 24.5 Å². The highest BCUT2D eigenvalue weighted by molar-refractivity contribution is 7.18. The second kappa shape index (κ2) is 8.99. The first-order valence-corrected chi connectivity index (χ1v) is 11.0. The third-order valence-electron chi connectivity index (χ3n) is 4.81. The molecule has 2 aromatic rings. The predicted octanol–water partition coefficient (Wildman–Crippen LogP) is 2.84. The lowest BCUT2D eigenvalue weighted by atomic mass is 10.2. The lowest BCUT2D eigenvalue weighted by Gasteiger charge is -2.19. The van der Waals surface area contributed by atoms with Crippen LogP contribution < -0.4 is 16.6 Å². The van der Waals surface area contributed by atoms with Gasteiger partial charge in [-0.1, -0.05) is 0 Å². The summed E-state index contributed by atoms with van der Waals surface area (Å²) in [7, 11) is 0. The van der Waals surface area contributed by atoms with Crippen LogP contribution in [0.5, 0.6) is 0 Å². The van der Waals surface area contributed by atoms with E-state index in [2.05, 4.69) is 10.1 Å². The zero-order valence-corrected chi connectivity index (χ0v) is 19.1. The number of hydrogen-bond acceptors (Lipinski definition) is 7. The third-order valence-corrected chi connectivity index (χ3v) is 6.12. The van der Waals surface area contributed by atoms with E-state index in [0.717, 1.165) is 15.9 Å². The molecular weight excluding hydrogens is 451 g/mol. The van der Waals surface area contributed by atoms with Gasteiger partial charge in [0.15, 0.2) is 0 Å². The van der Waals surface area contributed by atoms with Crippen molar-refractivity contribution in [3.63, 3.8) is 0 Å². The Balaban J connectivity index is 1.90. The Kier molecular flexibility index (Phi) is 6.87. The minimum atomic E-state index is -4.81. The third kappa shape index (κ3) is 5.78.